The van der Waals surface area contributed by atoms with Crippen molar-refractivity contribution in [2.24, 2.45) is 0 Å². The molecule has 1 unspecified atom stereocenters. The Labute approximate surface area is 144 Å². The van der Waals surface area contributed by atoms with E-state index in [9.17, 15) is 0 Å². The summed E-state index contributed by atoms with van der Waals surface area (Å²) in [5.41, 5.74) is 6.53. The normalized spacial score (nSPS) is 12.5. The standard InChI is InChI=1S/C18H21Br2N/c1-5-21-18(17-11(2)7-6-8-12(17)3)14-10-15(19)13(4)9-16(14)20/h6-10,18,21H,5H2,1-4H3. The summed E-state index contributed by atoms with van der Waals surface area (Å²) in [5, 5.41) is 3.63. The molecular weight excluding hydrogens is 390 g/mol. The Kier molecular flexibility index (Phi) is 5.64. The van der Waals surface area contributed by atoms with E-state index in [0.29, 0.717) is 0 Å². The second-order valence-electron chi connectivity index (χ2n) is 5.42. The van der Waals surface area contributed by atoms with Crippen molar-refractivity contribution in [2.45, 2.75) is 33.7 Å². The Morgan fingerprint density at radius 2 is 1.57 bits per heavy atom. The minimum atomic E-state index is 0.197. The summed E-state index contributed by atoms with van der Waals surface area (Å²) >= 11 is 7.40. The fraction of sp³-hybridized carbons (Fsp3) is 0.333. The van der Waals surface area contributed by atoms with E-state index in [-0.39, 0.29) is 6.04 Å². The van der Waals surface area contributed by atoms with Gasteiger partial charge in [-0.1, -0.05) is 57.0 Å². The molecule has 0 amide bonds. The van der Waals surface area contributed by atoms with Gasteiger partial charge in [-0.15, -0.1) is 0 Å². The van der Waals surface area contributed by atoms with E-state index in [2.05, 4.69) is 95.2 Å². The van der Waals surface area contributed by atoms with Crippen LogP contribution in [0.3, 0.4) is 0 Å². The summed E-state index contributed by atoms with van der Waals surface area (Å²) in [6.07, 6.45) is 0. The van der Waals surface area contributed by atoms with Crippen LogP contribution in [0.4, 0.5) is 0 Å². The van der Waals surface area contributed by atoms with Gasteiger partial charge in [-0.05, 0) is 67.3 Å². The molecule has 0 heterocycles. The van der Waals surface area contributed by atoms with Gasteiger partial charge in [0, 0.05) is 8.95 Å². The molecule has 0 saturated heterocycles. The number of rotatable bonds is 4. The van der Waals surface area contributed by atoms with Crippen LogP contribution < -0.4 is 5.32 Å². The highest BCUT2D eigenvalue weighted by molar-refractivity contribution is 9.11. The van der Waals surface area contributed by atoms with Crippen molar-refractivity contribution in [3.63, 3.8) is 0 Å². The lowest BCUT2D eigenvalue weighted by atomic mass is 9.91. The molecule has 2 aromatic rings. The summed E-state index contributed by atoms with van der Waals surface area (Å²) < 4.78 is 2.30. The minimum absolute atomic E-state index is 0.197. The molecule has 0 radical (unpaired) electrons. The van der Waals surface area contributed by atoms with Crippen molar-refractivity contribution in [3.8, 4) is 0 Å². The maximum atomic E-state index is 3.74. The van der Waals surface area contributed by atoms with E-state index in [1.54, 1.807) is 0 Å². The van der Waals surface area contributed by atoms with Crippen LogP contribution in [0.25, 0.3) is 0 Å². The SMILES string of the molecule is CCNC(c1cc(Br)c(C)cc1Br)c1c(C)cccc1C. The first kappa shape index (κ1) is 16.7. The van der Waals surface area contributed by atoms with Gasteiger partial charge in [0.25, 0.3) is 0 Å². The van der Waals surface area contributed by atoms with Crippen LogP contribution in [0.5, 0.6) is 0 Å². The summed E-state index contributed by atoms with van der Waals surface area (Å²) in [6.45, 7) is 9.56. The molecule has 1 N–H and O–H groups in total. The van der Waals surface area contributed by atoms with Crippen LogP contribution in [-0.2, 0) is 0 Å². The van der Waals surface area contributed by atoms with Gasteiger partial charge in [-0.2, -0.15) is 0 Å². The molecular formula is C18H21Br2N. The first-order valence-corrected chi connectivity index (χ1v) is 8.79. The van der Waals surface area contributed by atoms with Crippen molar-refractivity contribution < 1.29 is 0 Å². The molecule has 0 aliphatic heterocycles. The van der Waals surface area contributed by atoms with Crippen LogP contribution in [0.1, 0.15) is 40.8 Å². The Morgan fingerprint density at radius 1 is 0.952 bits per heavy atom. The summed E-state index contributed by atoms with van der Waals surface area (Å²) in [5.74, 6) is 0. The Hall–Kier alpha value is -0.640. The van der Waals surface area contributed by atoms with E-state index in [1.807, 2.05) is 0 Å². The molecule has 0 aliphatic carbocycles. The lowest BCUT2D eigenvalue weighted by molar-refractivity contribution is 0.622. The molecule has 2 rings (SSSR count). The number of aryl methyl sites for hydroxylation is 3. The predicted octanol–water partition coefficient (Wildman–Crippen LogP) is 5.84. The molecule has 1 atom stereocenters. The fourth-order valence-corrected chi connectivity index (χ4v) is 3.79. The second kappa shape index (κ2) is 7.08. The van der Waals surface area contributed by atoms with Gasteiger partial charge in [-0.25, -0.2) is 0 Å². The first-order chi connectivity index (χ1) is 9.95. The second-order valence-corrected chi connectivity index (χ2v) is 7.13. The summed E-state index contributed by atoms with van der Waals surface area (Å²) in [7, 11) is 0. The van der Waals surface area contributed by atoms with Gasteiger partial charge in [0.05, 0.1) is 6.04 Å². The molecule has 112 valence electrons. The first-order valence-electron chi connectivity index (χ1n) is 7.20. The quantitative estimate of drug-likeness (QED) is 0.667. The van der Waals surface area contributed by atoms with Gasteiger partial charge in [-0.3, -0.25) is 0 Å². The molecule has 2 aromatic carbocycles. The highest BCUT2D eigenvalue weighted by Crippen LogP contribution is 2.35. The monoisotopic (exact) mass is 409 g/mol. The topological polar surface area (TPSA) is 12.0 Å². The smallest absolute Gasteiger partial charge is 0.0593 e. The highest BCUT2D eigenvalue weighted by Gasteiger charge is 2.20. The summed E-state index contributed by atoms with van der Waals surface area (Å²) in [4.78, 5) is 0. The lowest BCUT2D eigenvalue weighted by Crippen LogP contribution is -2.24. The zero-order valence-corrected chi connectivity index (χ0v) is 16.1. The molecule has 1 nitrogen and oxygen atoms in total. The number of hydrogen-bond donors (Lipinski definition) is 1. The van der Waals surface area contributed by atoms with Crippen LogP contribution in [0.2, 0.25) is 0 Å². The molecule has 0 bridgehead atoms. The molecule has 0 aliphatic rings. The predicted molar refractivity (Wildman–Crippen MR) is 98.0 cm³/mol. The molecule has 0 aromatic heterocycles. The van der Waals surface area contributed by atoms with Crippen LogP contribution >= 0.6 is 31.9 Å². The van der Waals surface area contributed by atoms with Gasteiger partial charge in [0.15, 0.2) is 0 Å². The van der Waals surface area contributed by atoms with Crippen LogP contribution in [-0.4, -0.2) is 6.54 Å². The third kappa shape index (κ3) is 3.58. The van der Waals surface area contributed by atoms with E-state index < -0.39 is 0 Å². The third-order valence-electron chi connectivity index (χ3n) is 3.83. The Morgan fingerprint density at radius 3 is 2.14 bits per heavy atom. The van der Waals surface area contributed by atoms with E-state index in [4.69, 9.17) is 0 Å². The maximum Gasteiger partial charge on any atom is 0.0593 e. The molecule has 0 spiro atoms. The Bertz CT molecular complexity index is 630. The fourth-order valence-electron chi connectivity index (χ4n) is 2.74. The number of nitrogens with one attached hydrogen (secondary N) is 1. The van der Waals surface area contributed by atoms with E-state index >= 15 is 0 Å². The Balaban J connectivity index is 2.62. The number of benzene rings is 2. The third-order valence-corrected chi connectivity index (χ3v) is 5.37. The van der Waals surface area contributed by atoms with Crippen molar-refractivity contribution in [1.29, 1.82) is 0 Å². The summed E-state index contributed by atoms with van der Waals surface area (Å²) in [6, 6.07) is 11.1. The van der Waals surface area contributed by atoms with Crippen LogP contribution in [0.15, 0.2) is 39.3 Å². The average molecular weight is 411 g/mol. The van der Waals surface area contributed by atoms with E-state index in [1.165, 1.54) is 27.8 Å². The largest absolute Gasteiger partial charge is 0.306 e. The van der Waals surface area contributed by atoms with E-state index in [0.717, 1.165) is 15.5 Å². The average Bonchev–Trinajstić information content (AvgIpc) is 2.42. The molecule has 21 heavy (non-hydrogen) atoms. The van der Waals surface area contributed by atoms with Crippen molar-refractivity contribution in [3.05, 3.63) is 67.1 Å². The maximum absolute atomic E-state index is 3.74. The van der Waals surface area contributed by atoms with Gasteiger partial charge >= 0.3 is 0 Å². The van der Waals surface area contributed by atoms with Gasteiger partial charge in [0.2, 0.25) is 0 Å². The molecule has 3 heteroatoms. The van der Waals surface area contributed by atoms with Crippen LogP contribution in [0, 0.1) is 20.8 Å². The molecule has 0 saturated carbocycles. The van der Waals surface area contributed by atoms with Crippen molar-refractivity contribution >= 4 is 31.9 Å². The zero-order valence-electron chi connectivity index (χ0n) is 12.9. The zero-order chi connectivity index (χ0) is 15.6. The number of hydrogen-bond acceptors (Lipinski definition) is 1. The number of halogens is 2. The lowest BCUT2D eigenvalue weighted by Gasteiger charge is -2.24. The van der Waals surface area contributed by atoms with Crippen molar-refractivity contribution in [2.75, 3.05) is 6.54 Å². The van der Waals surface area contributed by atoms with Gasteiger partial charge in [0.1, 0.15) is 0 Å². The minimum Gasteiger partial charge on any atom is -0.306 e. The molecule has 0 fully saturated rings. The van der Waals surface area contributed by atoms with Crippen molar-refractivity contribution in [1.82, 2.24) is 5.32 Å². The van der Waals surface area contributed by atoms with Gasteiger partial charge < -0.3 is 5.32 Å². The highest BCUT2D eigenvalue weighted by atomic mass is 79.9.